The van der Waals surface area contributed by atoms with Gasteiger partial charge in [0.05, 0.1) is 6.61 Å². The molecule has 0 spiro atoms. The fourth-order valence-corrected chi connectivity index (χ4v) is 1.98. The highest BCUT2D eigenvalue weighted by atomic mass is 79.9. The molecule has 1 aromatic carbocycles. The van der Waals surface area contributed by atoms with Crippen molar-refractivity contribution in [3.05, 3.63) is 38.7 Å². The largest absolute Gasteiger partial charge is 0.381 e. The lowest BCUT2D eigenvalue weighted by Crippen LogP contribution is -2.24. The zero-order valence-electron chi connectivity index (χ0n) is 10.3. The maximum absolute atomic E-state index is 8.57. The van der Waals surface area contributed by atoms with Gasteiger partial charge in [-0.1, -0.05) is 41.0 Å². The van der Waals surface area contributed by atoms with Gasteiger partial charge in [0.2, 0.25) is 0 Å². The van der Waals surface area contributed by atoms with Gasteiger partial charge in [-0.05, 0) is 30.2 Å². The van der Waals surface area contributed by atoms with Gasteiger partial charge >= 0.3 is 0 Å². The summed E-state index contributed by atoms with van der Waals surface area (Å²) in [5.41, 5.74) is 10.0. The maximum Gasteiger partial charge on any atom is 0.0557 e. The third-order valence-corrected chi connectivity index (χ3v) is 3.00. The molecule has 0 fully saturated rings. The van der Waals surface area contributed by atoms with Gasteiger partial charge in [-0.3, -0.25) is 0 Å². The lowest BCUT2D eigenvalue weighted by Gasteiger charge is -2.26. The van der Waals surface area contributed by atoms with E-state index in [-0.39, 0.29) is 5.41 Å². The first kappa shape index (κ1) is 14.0. The minimum absolute atomic E-state index is 0.191. The molecule has 0 heterocycles. The number of nitrogens with zero attached hydrogens (tertiary/aromatic N) is 3. The number of halogens is 1. The predicted molar refractivity (Wildman–Crippen MR) is 72.5 cm³/mol. The summed E-state index contributed by atoms with van der Waals surface area (Å²) in [7, 11) is 0. The number of hydrogen-bond donors (Lipinski definition) is 0. The van der Waals surface area contributed by atoms with E-state index in [0.717, 1.165) is 10.0 Å². The summed E-state index contributed by atoms with van der Waals surface area (Å²) in [4.78, 5) is 2.86. The molecule has 0 amide bonds. The van der Waals surface area contributed by atoms with E-state index in [9.17, 15) is 0 Å². The van der Waals surface area contributed by atoms with E-state index in [1.165, 1.54) is 0 Å². The Labute approximate surface area is 110 Å². The molecule has 0 aliphatic rings. The maximum atomic E-state index is 8.57. The van der Waals surface area contributed by atoms with Crippen molar-refractivity contribution in [1.29, 1.82) is 0 Å². The molecule has 0 saturated heterocycles. The zero-order valence-corrected chi connectivity index (χ0v) is 11.9. The second kappa shape index (κ2) is 6.05. The number of hydrogen-bond acceptors (Lipinski definition) is 2. The second-order valence-corrected chi connectivity index (χ2v) is 5.29. The first-order valence-electron chi connectivity index (χ1n) is 5.44. The van der Waals surface area contributed by atoms with Crippen LogP contribution in [0.5, 0.6) is 0 Å². The lowest BCUT2D eigenvalue weighted by atomic mass is 9.84. The zero-order chi connectivity index (χ0) is 12.9. The van der Waals surface area contributed by atoms with Crippen LogP contribution in [0.3, 0.4) is 0 Å². The molecule has 0 radical (unpaired) electrons. The molecule has 0 atom stereocenters. The number of ether oxygens (including phenoxy) is 1. The van der Waals surface area contributed by atoms with Crippen molar-refractivity contribution in [2.75, 3.05) is 13.2 Å². The summed E-state index contributed by atoms with van der Waals surface area (Å²) in [6.45, 7) is 7.37. The summed E-state index contributed by atoms with van der Waals surface area (Å²) >= 11 is 3.43. The van der Waals surface area contributed by atoms with Gasteiger partial charge < -0.3 is 4.74 Å². The van der Waals surface area contributed by atoms with Crippen LogP contribution in [-0.4, -0.2) is 13.2 Å². The number of azide groups is 1. The quantitative estimate of drug-likeness (QED) is 0.441. The molecule has 1 rings (SSSR count). The molecule has 0 N–H and O–H groups in total. The van der Waals surface area contributed by atoms with Gasteiger partial charge in [0.25, 0.3) is 0 Å². The highest BCUT2D eigenvalue weighted by molar-refractivity contribution is 9.10. The molecule has 0 aliphatic heterocycles. The first-order valence-corrected chi connectivity index (χ1v) is 6.23. The molecule has 1 aromatic rings. The van der Waals surface area contributed by atoms with Gasteiger partial charge in [-0.25, -0.2) is 0 Å². The topological polar surface area (TPSA) is 58.0 Å². The Morgan fingerprint density at radius 1 is 1.47 bits per heavy atom. The van der Waals surface area contributed by atoms with E-state index in [1.807, 2.05) is 25.1 Å². The van der Waals surface area contributed by atoms with Crippen molar-refractivity contribution in [3.63, 3.8) is 0 Å². The molecule has 5 heteroatoms. The summed E-state index contributed by atoms with van der Waals surface area (Å²) in [5.74, 6) is 0. The van der Waals surface area contributed by atoms with E-state index in [0.29, 0.717) is 18.9 Å². The van der Waals surface area contributed by atoms with E-state index in [4.69, 9.17) is 10.3 Å². The summed E-state index contributed by atoms with van der Waals surface area (Å²) in [5, 5.41) is 3.73. The van der Waals surface area contributed by atoms with Crippen LogP contribution in [0, 0.1) is 0 Å². The Morgan fingerprint density at radius 2 is 2.18 bits per heavy atom. The van der Waals surface area contributed by atoms with Crippen LogP contribution in [0.4, 0.5) is 5.69 Å². The molecule has 0 bridgehead atoms. The van der Waals surface area contributed by atoms with E-state index < -0.39 is 0 Å². The Kier molecular flexibility index (Phi) is 5.00. The van der Waals surface area contributed by atoms with Gasteiger partial charge in [0, 0.05) is 27.1 Å². The van der Waals surface area contributed by atoms with Crippen molar-refractivity contribution in [1.82, 2.24) is 0 Å². The highest BCUT2D eigenvalue weighted by Gasteiger charge is 2.23. The van der Waals surface area contributed by atoms with Crippen LogP contribution in [0.2, 0.25) is 0 Å². The van der Waals surface area contributed by atoms with Gasteiger partial charge in [0.15, 0.2) is 0 Å². The van der Waals surface area contributed by atoms with Crippen molar-refractivity contribution < 1.29 is 4.74 Å². The first-order chi connectivity index (χ1) is 8.01. The summed E-state index contributed by atoms with van der Waals surface area (Å²) in [6, 6.07) is 5.65. The number of rotatable bonds is 5. The van der Waals surface area contributed by atoms with E-state index in [1.54, 1.807) is 0 Å². The minimum Gasteiger partial charge on any atom is -0.381 e. The van der Waals surface area contributed by atoms with Crippen molar-refractivity contribution in [2.45, 2.75) is 26.2 Å². The fourth-order valence-electron chi connectivity index (χ4n) is 1.62. The van der Waals surface area contributed by atoms with Crippen LogP contribution < -0.4 is 0 Å². The fraction of sp³-hybridized carbons (Fsp3) is 0.500. The molecule has 17 heavy (non-hydrogen) atoms. The molecular weight excluding hydrogens is 282 g/mol. The standard InChI is InChI=1S/C12H16BrN3O/c1-4-17-8-12(2,3)10-7-9(13)5-6-11(10)15-16-14/h5-7H,4,8H2,1-3H3. The van der Waals surface area contributed by atoms with Gasteiger partial charge in [-0.15, -0.1) is 0 Å². The Bertz CT molecular complexity index is 439. The molecule has 0 unspecified atom stereocenters. The van der Waals surface area contributed by atoms with Crippen LogP contribution in [0.1, 0.15) is 26.3 Å². The Morgan fingerprint density at radius 3 is 2.76 bits per heavy atom. The Balaban J connectivity index is 3.17. The van der Waals surface area contributed by atoms with Crippen LogP contribution in [0.15, 0.2) is 27.8 Å². The van der Waals surface area contributed by atoms with Crippen molar-refractivity contribution in [3.8, 4) is 0 Å². The van der Waals surface area contributed by atoms with Gasteiger partial charge in [0.1, 0.15) is 0 Å². The van der Waals surface area contributed by atoms with Crippen molar-refractivity contribution in [2.24, 2.45) is 5.11 Å². The van der Waals surface area contributed by atoms with Crippen molar-refractivity contribution >= 4 is 21.6 Å². The van der Waals surface area contributed by atoms with Gasteiger partial charge in [-0.2, -0.15) is 0 Å². The normalized spacial score (nSPS) is 11.1. The molecular formula is C12H16BrN3O. The highest BCUT2D eigenvalue weighted by Crippen LogP contribution is 2.34. The average molecular weight is 298 g/mol. The minimum atomic E-state index is -0.191. The smallest absolute Gasteiger partial charge is 0.0557 e. The summed E-state index contributed by atoms with van der Waals surface area (Å²) < 4.78 is 6.44. The van der Waals surface area contributed by atoms with Crippen LogP contribution in [-0.2, 0) is 10.2 Å². The number of benzene rings is 1. The third-order valence-electron chi connectivity index (χ3n) is 2.51. The van der Waals surface area contributed by atoms with Crippen LogP contribution >= 0.6 is 15.9 Å². The predicted octanol–water partition coefficient (Wildman–Crippen LogP) is 4.71. The SMILES string of the molecule is CCOCC(C)(C)c1cc(Br)ccc1N=[N+]=[N-]. The molecule has 0 aliphatic carbocycles. The van der Waals surface area contributed by atoms with E-state index in [2.05, 4.69) is 39.8 Å². The van der Waals surface area contributed by atoms with Crippen LogP contribution in [0.25, 0.3) is 10.4 Å². The molecule has 0 saturated carbocycles. The third kappa shape index (κ3) is 3.73. The lowest BCUT2D eigenvalue weighted by molar-refractivity contribution is 0.106. The second-order valence-electron chi connectivity index (χ2n) is 4.37. The molecule has 0 aromatic heterocycles. The Hall–Kier alpha value is -1.03. The molecule has 4 nitrogen and oxygen atoms in total. The molecule has 92 valence electrons. The average Bonchev–Trinajstić information content (AvgIpc) is 2.29. The monoisotopic (exact) mass is 297 g/mol. The summed E-state index contributed by atoms with van der Waals surface area (Å²) in [6.07, 6.45) is 0. The van der Waals surface area contributed by atoms with E-state index >= 15 is 0 Å².